The summed E-state index contributed by atoms with van der Waals surface area (Å²) in [6.07, 6.45) is 17.6. The smallest absolute Gasteiger partial charge is 0.0499 e. The van der Waals surface area contributed by atoms with Gasteiger partial charge in [-0.3, -0.25) is 0 Å². The van der Waals surface area contributed by atoms with Gasteiger partial charge in [-0.1, -0.05) is 112 Å². The van der Waals surface area contributed by atoms with Crippen molar-refractivity contribution >= 4 is 28.8 Å². The second-order valence-corrected chi connectivity index (χ2v) is 13.6. The first kappa shape index (κ1) is 36.1. The van der Waals surface area contributed by atoms with Crippen molar-refractivity contribution in [3.63, 3.8) is 0 Å². The fourth-order valence-corrected chi connectivity index (χ4v) is 7.68. The Balaban J connectivity index is 0.00000150. The quantitative estimate of drug-likeness (QED) is 0.207. The van der Waals surface area contributed by atoms with Crippen LogP contribution in [0.4, 0.5) is 0 Å². The molecule has 1 aromatic rings. The lowest BCUT2D eigenvalue weighted by Gasteiger charge is -2.32. The van der Waals surface area contributed by atoms with Crippen molar-refractivity contribution in [3.05, 3.63) is 93.3 Å². The lowest BCUT2D eigenvalue weighted by Crippen LogP contribution is -2.19. The first-order valence-electron chi connectivity index (χ1n) is 15.4. The molecule has 2 aliphatic rings. The van der Waals surface area contributed by atoms with Gasteiger partial charge in [-0.2, -0.15) is 0 Å². The van der Waals surface area contributed by atoms with E-state index in [0.29, 0.717) is 34.8 Å². The molecule has 0 aromatic carbocycles. The number of nitrogens with one attached hydrogen (secondary N) is 1. The summed E-state index contributed by atoms with van der Waals surface area (Å²) in [5, 5.41) is 3.87. The maximum Gasteiger partial charge on any atom is 0.0499 e. The standard InChI is InChI=1S/C32H43NS2.C3H8.C2H6/c1-9-10-11-18-33-25(8)29-16-17-30(35-29)32(22(4)5)34-28-19-23(6)31(24(7)20-28)27-14-12-26(13-15-27)21(2)3;1-3-2;1-2/h10,12,14-17,19-23,26,31-33H,1,8,11,13,18H2,2-7H3;3H2,1-2H3;1-2H3. The second kappa shape index (κ2) is 19.2. The number of hydrogen-bond acceptors (Lipinski definition) is 3. The molecule has 222 valence electrons. The Kier molecular flexibility index (Phi) is 17.4. The van der Waals surface area contributed by atoms with Gasteiger partial charge in [0, 0.05) is 38.1 Å². The average Bonchev–Trinajstić information content (AvgIpc) is 3.41. The van der Waals surface area contributed by atoms with Crippen molar-refractivity contribution < 1.29 is 0 Å². The summed E-state index contributed by atoms with van der Waals surface area (Å²) in [5.41, 5.74) is 6.82. The van der Waals surface area contributed by atoms with E-state index >= 15 is 0 Å². The van der Waals surface area contributed by atoms with Gasteiger partial charge in [-0.15, -0.1) is 28.8 Å². The number of thioether (sulfide) groups is 1. The molecule has 0 saturated heterocycles. The van der Waals surface area contributed by atoms with Gasteiger partial charge in [0.05, 0.1) is 0 Å². The Morgan fingerprint density at radius 3 is 2.40 bits per heavy atom. The molecular formula is C37H57NS2. The molecule has 2 aliphatic carbocycles. The van der Waals surface area contributed by atoms with Gasteiger partial charge in [-0.05, 0) is 73.3 Å². The van der Waals surface area contributed by atoms with E-state index in [2.05, 4.69) is 122 Å². The van der Waals surface area contributed by atoms with E-state index in [9.17, 15) is 0 Å². The predicted octanol–water partition coefficient (Wildman–Crippen LogP) is 12.2. The van der Waals surface area contributed by atoms with E-state index in [1.165, 1.54) is 38.6 Å². The Bertz CT molecular complexity index is 1070. The van der Waals surface area contributed by atoms with Crippen LogP contribution < -0.4 is 5.32 Å². The molecule has 0 fully saturated rings. The Morgan fingerprint density at radius 1 is 1.20 bits per heavy atom. The molecule has 3 rings (SSSR count). The van der Waals surface area contributed by atoms with Gasteiger partial charge in [-0.25, -0.2) is 0 Å². The molecule has 0 bridgehead atoms. The van der Waals surface area contributed by atoms with Gasteiger partial charge in [0.25, 0.3) is 0 Å². The lowest BCUT2D eigenvalue weighted by atomic mass is 9.75. The average molecular weight is 580 g/mol. The van der Waals surface area contributed by atoms with Gasteiger partial charge < -0.3 is 5.32 Å². The van der Waals surface area contributed by atoms with Crippen LogP contribution in [0.1, 0.15) is 104 Å². The molecule has 1 N–H and O–H groups in total. The predicted molar refractivity (Wildman–Crippen MR) is 187 cm³/mol. The molecular weight excluding hydrogens is 523 g/mol. The normalized spacial score (nSPS) is 20.6. The summed E-state index contributed by atoms with van der Waals surface area (Å²) in [6, 6.07) is 4.51. The van der Waals surface area contributed by atoms with E-state index in [4.69, 9.17) is 0 Å². The lowest BCUT2D eigenvalue weighted by molar-refractivity contribution is 0.458. The minimum absolute atomic E-state index is 0.435. The maximum atomic E-state index is 4.25. The number of hydrogen-bond donors (Lipinski definition) is 1. The third-order valence-corrected chi connectivity index (χ3v) is 9.99. The molecule has 0 saturated carbocycles. The second-order valence-electron chi connectivity index (χ2n) is 11.3. The van der Waals surface area contributed by atoms with E-state index in [1.807, 2.05) is 43.0 Å². The minimum Gasteiger partial charge on any atom is -0.384 e. The monoisotopic (exact) mass is 579 g/mol. The van der Waals surface area contributed by atoms with Gasteiger partial charge in [0.15, 0.2) is 0 Å². The number of allylic oxidation sites excluding steroid dienone is 7. The zero-order chi connectivity index (χ0) is 30.2. The molecule has 1 nitrogen and oxygen atoms in total. The first-order chi connectivity index (χ1) is 19.1. The molecule has 40 heavy (non-hydrogen) atoms. The molecule has 1 aromatic heterocycles. The van der Waals surface area contributed by atoms with Crippen molar-refractivity contribution in [1.82, 2.24) is 5.32 Å². The molecule has 3 heteroatoms. The van der Waals surface area contributed by atoms with Crippen molar-refractivity contribution in [2.75, 3.05) is 6.54 Å². The number of thiophene rings is 1. The molecule has 0 spiro atoms. The van der Waals surface area contributed by atoms with Crippen LogP contribution in [-0.2, 0) is 0 Å². The van der Waals surface area contributed by atoms with Crippen LogP contribution in [0.5, 0.6) is 0 Å². The van der Waals surface area contributed by atoms with Gasteiger partial charge in [0.2, 0.25) is 0 Å². The van der Waals surface area contributed by atoms with Gasteiger partial charge in [0.1, 0.15) is 0 Å². The van der Waals surface area contributed by atoms with Gasteiger partial charge >= 0.3 is 0 Å². The third kappa shape index (κ3) is 11.2. The SMILES string of the molecule is C=C=CCCNC(=C)c1ccc(C(SC2=CC(C)C(C3=CCC(C(C)C)C=C3)C(C)=C2)C(C)C)s1.CC.CCC. The van der Waals surface area contributed by atoms with Crippen LogP contribution in [0.2, 0.25) is 0 Å². The molecule has 1 heterocycles. The zero-order valence-electron chi connectivity index (χ0n) is 27.1. The van der Waals surface area contributed by atoms with E-state index < -0.39 is 0 Å². The van der Waals surface area contributed by atoms with E-state index in [1.54, 1.807) is 0 Å². The highest BCUT2D eigenvalue weighted by atomic mass is 32.2. The molecule has 0 radical (unpaired) electrons. The summed E-state index contributed by atoms with van der Waals surface area (Å²) >= 11 is 3.89. The first-order valence-corrected chi connectivity index (χ1v) is 17.1. The summed E-state index contributed by atoms with van der Waals surface area (Å²) in [5.74, 6) is 2.95. The third-order valence-electron chi connectivity index (χ3n) is 7.04. The zero-order valence-corrected chi connectivity index (χ0v) is 28.8. The van der Waals surface area contributed by atoms with E-state index in [-0.39, 0.29) is 0 Å². The molecule has 4 atom stereocenters. The van der Waals surface area contributed by atoms with Crippen LogP contribution in [0.15, 0.2) is 83.5 Å². The van der Waals surface area contributed by atoms with Crippen LogP contribution in [0.3, 0.4) is 0 Å². The molecule has 0 amide bonds. The molecule has 0 aliphatic heterocycles. The van der Waals surface area contributed by atoms with Crippen LogP contribution >= 0.6 is 23.1 Å². The summed E-state index contributed by atoms with van der Waals surface area (Å²) in [4.78, 5) is 4.06. The van der Waals surface area contributed by atoms with Crippen molar-refractivity contribution in [1.29, 1.82) is 0 Å². The highest BCUT2D eigenvalue weighted by molar-refractivity contribution is 8.03. The fourth-order valence-electron chi connectivity index (χ4n) is 4.97. The van der Waals surface area contributed by atoms with Crippen LogP contribution in [-0.4, -0.2) is 6.54 Å². The Hall–Kier alpha value is -1.93. The largest absolute Gasteiger partial charge is 0.384 e. The summed E-state index contributed by atoms with van der Waals surface area (Å²) in [7, 11) is 0. The van der Waals surface area contributed by atoms with Crippen molar-refractivity contribution in [3.8, 4) is 0 Å². The highest BCUT2D eigenvalue weighted by Gasteiger charge is 2.28. The topological polar surface area (TPSA) is 12.0 Å². The summed E-state index contributed by atoms with van der Waals surface area (Å²) in [6.45, 7) is 31.0. The fraction of sp³-hybridized carbons (Fsp3) is 0.541. The van der Waals surface area contributed by atoms with E-state index in [0.717, 1.165) is 18.7 Å². The Morgan fingerprint density at radius 2 is 1.88 bits per heavy atom. The van der Waals surface area contributed by atoms with Crippen LogP contribution in [0, 0.1) is 29.6 Å². The molecule has 4 unspecified atom stereocenters. The van der Waals surface area contributed by atoms with Crippen LogP contribution in [0.25, 0.3) is 5.70 Å². The summed E-state index contributed by atoms with van der Waals surface area (Å²) < 4.78 is 0. The highest BCUT2D eigenvalue weighted by Crippen LogP contribution is 2.47. The Labute approximate surface area is 256 Å². The van der Waals surface area contributed by atoms with Crippen molar-refractivity contribution in [2.45, 2.75) is 93.7 Å². The minimum atomic E-state index is 0.435. The maximum absolute atomic E-state index is 4.25. The van der Waals surface area contributed by atoms with Crippen molar-refractivity contribution in [2.24, 2.45) is 29.6 Å². The number of rotatable bonds is 11.